The van der Waals surface area contributed by atoms with Crippen LogP contribution in [0.2, 0.25) is 0 Å². The predicted octanol–water partition coefficient (Wildman–Crippen LogP) is 4.99. The molecule has 0 unspecified atom stereocenters. The third-order valence-electron chi connectivity index (χ3n) is 5.72. The van der Waals surface area contributed by atoms with E-state index in [4.69, 9.17) is 4.74 Å². The van der Waals surface area contributed by atoms with Crippen LogP contribution in [0.25, 0.3) is 6.08 Å². The molecule has 4 amide bonds. The maximum atomic E-state index is 12.8. The van der Waals surface area contributed by atoms with Gasteiger partial charge in [-0.05, 0) is 63.8 Å². The Labute approximate surface area is 222 Å². The van der Waals surface area contributed by atoms with Crippen molar-refractivity contribution in [1.29, 1.82) is 5.26 Å². The minimum Gasteiger partial charge on any atom is -0.488 e. The fourth-order valence-corrected chi connectivity index (χ4v) is 4.31. The standard InChI is InChI=1S/C28H23BrN4O4/c1-2-19-7-5-6-10-23(19)31-26(34)16-33-27(35)24(32-28(33)36)14-18-11-12-25(22(29)13-18)37-17-21-9-4-3-8-20(21)15-30/h3-14H,2,16-17H2,1H3,(H,31,34)(H,32,36)/b24-14+. The van der Waals surface area contributed by atoms with Crippen LogP contribution in [0.4, 0.5) is 10.5 Å². The van der Waals surface area contributed by atoms with E-state index in [9.17, 15) is 19.6 Å². The maximum absolute atomic E-state index is 12.8. The largest absolute Gasteiger partial charge is 0.488 e. The van der Waals surface area contributed by atoms with Crippen molar-refractivity contribution < 1.29 is 19.1 Å². The number of urea groups is 1. The van der Waals surface area contributed by atoms with Gasteiger partial charge in [-0.15, -0.1) is 0 Å². The minimum atomic E-state index is -0.662. The zero-order chi connectivity index (χ0) is 26.4. The fraction of sp³-hybridized carbons (Fsp3) is 0.143. The van der Waals surface area contributed by atoms with Crippen molar-refractivity contribution in [3.8, 4) is 11.8 Å². The highest BCUT2D eigenvalue weighted by molar-refractivity contribution is 9.10. The molecule has 0 saturated carbocycles. The SMILES string of the molecule is CCc1ccccc1NC(=O)CN1C(=O)N/C(=C/c2ccc(OCc3ccccc3C#N)c(Br)c2)C1=O. The van der Waals surface area contributed by atoms with Gasteiger partial charge >= 0.3 is 6.03 Å². The average molecular weight is 559 g/mol. The molecule has 1 aliphatic rings. The second-order valence-electron chi connectivity index (χ2n) is 8.19. The van der Waals surface area contributed by atoms with E-state index in [2.05, 4.69) is 32.6 Å². The summed E-state index contributed by atoms with van der Waals surface area (Å²) in [6, 6.07) is 21.3. The number of imide groups is 1. The van der Waals surface area contributed by atoms with Crippen molar-refractivity contribution in [3.05, 3.63) is 99.2 Å². The highest BCUT2D eigenvalue weighted by atomic mass is 79.9. The molecular formula is C28H23BrN4O4. The highest BCUT2D eigenvalue weighted by Crippen LogP contribution is 2.28. The molecule has 0 radical (unpaired) electrons. The van der Waals surface area contributed by atoms with E-state index in [0.29, 0.717) is 27.0 Å². The van der Waals surface area contributed by atoms with E-state index in [1.165, 1.54) is 6.08 Å². The minimum absolute atomic E-state index is 0.0651. The van der Waals surface area contributed by atoms with E-state index < -0.39 is 24.4 Å². The van der Waals surface area contributed by atoms with Crippen LogP contribution in [-0.4, -0.2) is 29.3 Å². The van der Waals surface area contributed by atoms with Gasteiger partial charge in [0.15, 0.2) is 0 Å². The molecule has 3 aromatic carbocycles. The number of anilines is 1. The molecule has 0 spiro atoms. The number of nitrogens with zero attached hydrogens (tertiary/aromatic N) is 2. The zero-order valence-corrected chi connectivity index (χ0v) is 21.5. The lowest BCUT2D eigenvalue weighted by Gasteiger charge is -2.13. The average Bonchev–Trinajstić information content (AvgIpc) is 3.15. The van der Waals surface area contributed by atoms with E-state index >= 15 is 0 Å². The van der Waals surface area contributed by atoms with Gasteiger partial charge in [-0.1, -0.05) is 49.4 Å². The summed E-state index contributed by atoms with van der Waals surface area (Å²) in [5.41, 5.74) is 3.63. The molecule has 4 rings (SSSR count). The number of hydrogen-bond donors (Lipinski definition) is 2. The van der Waals surface area contributed by atoms with E-state index in [-0.39, 0.29) is 12.3 Å². The first kappa shape index (κ1) is 25.7. The Bertz CT molecular complexity index is 1440. The van der Waals surface area contributed by atoms with Crippen LogP contribution in [-0.2, 0) is 22.6 Å². The topological polar surface area (TPSA) is 112 Å². The maximum Gasteiger partial charge on any atom is 0.329 e. The molecule has 186 valence electrons. The molecule has 0 atom stereocenters. The van der Waals surface area contributed by atoms with Crippen LogP contribution in [0.5, 0.6) is 5.75 Å². The number of carbonyl (C=O) groups excluding carboxylic acids is 3. The number of para-hydroxylation sites is 1. The smallest absolute Gasteiger partial charge is 0.329 e. The molecule has 1 fully saturated rings. The molecule has 8 nitrogen and oxygen atoms in total. The van der Waals surface area contributed by atoms with Gasteiger partial charge in [0.05, 0.1) is 16.1 Å². The van der Waals surface area contributed by atoms with Gasteiger partial charge in [-0.25, -0.2) is 9.69 Å². The number of aryl methyl sites for hydroxylation is 1. The Morgan fingerprint density at radius 3 is 2.57 bits per heavy atom. The van der Waals surface area contributed by atoms with Crippen molar-refractivity contribution >= 4 is 45.5 Å². The lowest BCUT2D eigenvalue weighted by molar-refractivity contribution is -0.127. The molecular weight excluding hydrogens is 536 g/mol. The van der Waals surface area contributed by atoms with Gasteiger partial charge in [0.25, 0.3) is 5.91 Å². The first-order valence-corrected chi connectivity index (χ1v) is 12.3. The summed E-state index contributed by atoms with van der Waals surface area (Å²) in [7, 11) is 0. The molecule has 1 aliphatic heterocycles. The quantitative estimate of drug-likeness (QED) is 0.298. The Kier molecular flexibility index (Phi) is 8.01. The fourth-order valence-electron chi connectivity index (χ4n) is 3.80. The van der Waals surface area contributed by atoms with Crippen molar-refractivity contribution in [3.63, 3.8) is 0 Å². The third-order valence-corrected chi connectivity index (χ3v) is 6.34. The first-order valence-electron chi connectivity index (χ1n) is 11.5. The van der Waals surface area contributed by atoms with Crippen molar-refractivity contribution in [2.75, 3.05) is 11.9 Å². The summed E-state index contributed by atoms with van der Waals surface area (Å²) < 4.78 is 6.48. The Hall–Kier alpha value is -4.42. The zero-order valence-electron chi connectivity index (χ0n) is 20.0. The Morgan fingerprint density at radius 1 is 1.11 bits per heavy atom. The Morgan fingerprint density at radius 2 is 1.84 bits per heavy atom. The summed E-state index contributed by atoms with van der Waals surface area (Å²) in [6.45, 7) is 1.79. The first-order chi connectivity index (χ1) is 17.9. The van der Waals surface area contributed by atoms with Crippen LogP contribution in [0, 0.1) is 11.3 Å². The lowest BCUT2D eigenvalue weighted by Crippen LogP contribution is -2.38. The molecule has 0 aromatic heterocycles. The third kappa shape index (κ3) is 6.05. The molecule has 0 aliphatic carbocycles. The molecule has 1 heterocycles. The van der Waals surface area contributed by atoms with Gasteiger partial charge in [-0.3, -0.25) is 9.59 Å². The van der Waals surface area contributed by atoms with Crippen LogP contribution in [0.15, 0.2) is 76.9 Å². The van der Waals surface area contributed by atoms with Crippen LogP contribution in [0.1, 0.15) is 29.2 Å². The number of amides is 4. The number of benzene rings is 3. The number of hydrogen-bond acceptors (Lipinski definition) is 5. The summed E-state index contributed by atoms with van der Waals surface area (Å²) in [5.74, 6) is -0.497. The number of ether oxygens (including phenoxy) is 1. The molecule has 3 aromatic rings. The van der Waals surface area contributed by atoms with Crippen molar-refractivity contribution in [2.24, 2.45) is 0 Å². The molecule has 0 bridgehead atoms. The number of nitrogens with one attached hydrogen (secondary N) is 2. The van der Waals surface area contributed by atoms with Crippen molar-refractivity contribution in [2.45, 2.75) is 20.0 Å². The predicted molar refractivity (Wildman–Crippen MR) is 142 cm³/mol. The van der Waals surface area contributed by atoms with Gasteiger partial charge in [0.1, 0.15) is 24.6 Å². The van der Waals surface area contributed by atoms with Crippen LogP contribution in [0.3, 0.4) is 0 Å². The number of halogens is 1. The highest BCUT2D eigenvalue weighted by Gasteiger charge is 2.35. The lowest BCUT2D eigenvalue weighted by atomic mass is 10.1. The molecule has 1 saturated heterocycles. The van der Waals surface area contributed by atoms with Gasteiger partial charge < -0.3 is 15.4 Å². The van der Waals surface area contributed by atoms with Crippen LogP contribution >= 0.6 is 15.9 Å². The number of rotatable bonds is 8. The Balaban J connectivity index is 1.41. The van der Waals surface area contributed by atoms with E-state index in [1.807, 2.05) is 37.3 Å². The van der Waals surface area contributed by atoms with Crippen LogP contribution < -0.4 is 15.4 Å². The van der Waals surface area contributed by atoms with E-state index in [1.54, 1.807) is 36.4 Å². The number of carbonyl (C=O) groups is 3. The van der Waals surface area contributed by atoms with E-state index in [0.717, 1.165) is 22.4 Å². The number of nitriles is 1. The normalized spacial score (nSPS) is 13.9. The summed E-state index contributed by atoms with van der Waals surface area (Å²) >= 11 is 3.47. The van der Waals surface area contributed by atoms with Gasteiger partial charge in [-0.2, -0.15) is 5.26 Å². The van der Waals surface area contributed by atoms with Gasteiger partial charge in [0, 0.05) is 11.3 Å². The summed E-state index contributed by atoms with van der Waals surface area (Å²) in [4.78, 5) is 38.7. The molecule has 9 heteroatoms. The van der Waals surface area contributed by atoms with Gasteiger partial charge in [0.2, 0.25) is 5.91 Å². The molecule has 2 N–H and O–H groups in total. The monoisotopic (exact) mass is 558 g/mol. The summed E-state index contributed by atoms with van der Waals surface area (Å²) in [5, 5.41) is 14.5. The molecule has 37 heavy (non-hydrogen) atoms. The second kappa shape index (κ2) is 11.5. The second-order valence-corrected chi connectivity index (χ2v) is 9.04. The van der Waals surface area contributed by atoms with Crippen molar-refractivity contribution in [1.82, 2.24) is 10.2 Å². The summed E-state index contributed by atoms with van der Waals surface area (Å²) in [6.07, 6.45) is 2.27.